The van der Waals surface area contributed by atoms with Crippen LogP contribution in [0.3, 0.4) is 0 Å². The highest BCUT2D eigenvalue weighted by atomic mass is 16.4. The fourth-order valence-corrected chi connectivity index (χ4v) is 2.23. The first-order valence-corrected chi connectivity index (χ1v) is 7.73. The second-order valence-corrected chi connectivity index (χ2v) is 5.19. The molecule has 0 aliphatic rings. The molecule has 2 N–H and O–H groups in total. The lowest BCUT2D eigenvalue weighted by Crippen LogP contribution is -2.12. The lowest BCUT2D eigenvalue weighted by atomic mass is 9.97. The number of hydrogen-bond donors (Lipinski definition) is 2. The average molecular weight is 284 g/mol. The molecular formula is C16H28O4. The van der Waals surface area contributed by atoms with Crippen LogP contribution in [0.1, 0.15) is 78.1 Å². The highest BCUT2D eigenvalue weighted by Crippen LogP contribution is 2.20. The first-order chi connectivity index (χ1) is 9.54. The molecule has 0 saturated heterocycles. The van der Waals surface area contributed by atoms with Gasteiger partial charge in [-0.15, -0.1) is 0 Å². The number of aliphatic carboxylic acids is 2. The Hall–Kier alpha value is -1.32. The van der Waals surface area contributed by atoms with Crippen molar-refractivity contribution in [2.45, 2.75) is 78.1 Å². The van der Waals surface area contributed by atoms with E-state index in [4.69, 9.17) is 0 Å². The molecule has 0 fully saturated rings. The molecule has 0 saturated carbocycles. The summed E-state index contributed by atoms with van der Waals surface area (Å²) in [6.07, 6.45) is 8.42. The molecule has 0 heterocycles. The van der Waals surface area contributed by atoms with Crippen LogP contribution in [-0.2, 0) is 9.59 Å². The molecule has 116 valence electrons. The molecule has 0 aromatic carbocycles. The molecule has 20 heavy (non-hydrogen) atoms. The van der Waals surface area contributed by atoms with E-state index in [0.29, 0.717) is 12.8 Å². The SMILES string of the molecule is CCCCCC/C(C(=O)O)=C(/CCCCCC)C(=O)O. The molecule has 0 amide bonds. The second-order valence-electron chi connectivity index (χ2n) is 5.19. The molecule has 0 aromatic rings. The number of carboxylic acid groups (broad SMARTS) is 2. The van der Waals surface area contributed by atoms with Crippen LogP contribution in [0.15, 0.2) is 11.1 Å². The van der Waals surface area contributed by atoms with Gasteiger partial charge in [-0.1, -0.05) is 52.4 Å². The summed E-state index contributed by atoms with van der Waals surface area (Å²) in [5.74, 6) is -2.15. The predicted molar refractivity (Wildman–Crippen MR) is 79.8 cm³/mol. The molecule has 0 spiro atoms. The van der Waals surface area contributed by atoms with E-state index >= 15 is 0 Å². The molecule has 0 rings (SSSR count). The van der Waals surface area contributed by atoms with Gasteiger partial charge in [0.1, 0.15) is 0 Å². The lowest BCUT2D eigenvalue weighted by Gasteiger charge is -2.09. The van der Waals surface area contributed by atoms with Crippen molar-refractivity contribution in [2.75, 3.05) is 0 Å². The smallest absolute Gasteiger partial charge is 0.332 e. The summed E-state index contributed by atoms with van der Waals surface area (Å²) in [5, 5.41) is 18.5. The second kappa shape index (κ2) is 11.5. The van der Waals surface area contributed by atoms with Crippen molar-refractivity contribution >= 4 is 11.9 Å². The van der Waals surface area contributed by atoms with E-state index in [1.807, 2.05) is 0 Å². The van der Waals surface area contributed by atoms with E-state index in [1.54, 1.807) is 0 Å². The van der Waals surface area contributed by atoms with Crippen molar-refractivity contribution in [2.24, 2.45) is 0 Å². The molecule has 0 atom stereocenters. The van der Waals surface area contributed by atoms with Crippen LogP contribution in [-0.4, -0.2) is 22.2 Å². The highest BCUT2D eigenvalue weighted by molar-refractivity contribution is 5.98. The Balaban J connectivity index is 4.67. The third-order valence-corrected chi connectivity index (χ3v) is 3.44. The Kier molecular flexibility index (Phi) is 10.7. The molecular weight excluding hydrogens is 256 g/mol. The molecule has 4 nitrogen and oxygen atoms in total. The minimum Gasteiger partial charge on any atom is -0.478 e. The van der Waals surface area contributed by atoms with Crippen LogP contribution in [0.4, 0.5) is 0 Å². The van der Waals surface area contributed by atoms with Crippen molar-refractivity contribution in [1.29, 1.82) is 0 Å². The van der Waals surface area contributed by atoms with Crippen molar-refractivity contribution in [3.8, 4) is 0 Å². The van der Waals surface area contributed by atoms with Gasteiger partial charge in [-0.25, -0.2) is 9.59 Å². The van der Waals surface area contributed by atoms with Gasteiger partial charge in [0.05, 0.1) is 0 Å². The van der Waals surface area contributed by atoms with Crippen LogP contribution in [0.5, 0.6) is 0 Å². The topological polar surface area (TPSA) is 74.6 Å². The van der Waals surface area contributed by atoms with Gasteiger partial charge in [0.15, 0.2) is 0 Å². The van der Waals surface area contributed by atoms with Crippen LogP contribution in [0.2, 0.25) is 0 Å². The van der Waals surface area contributed by atoms with Crippen molar-refractivity contribution in [1.82, 2.24) is 0 Å². The zero-order valence-electron chi connectivity index (χ0n) is 12.8. The maximum Gasteiger partial charge on any atom is 0.332 e. The highest BCUT2D eigenvalue weighted by Gasteiger charge is 2.19. The zero-order chi connectivity index (χ0) is 15.4. The Morgan fingerprint density at radius 3 is 1.25 bits per heavy atom. The standard InChI is InChI=1S/C16H28O4/c1-3-5-7-9-11-13(15(17)18)14(16(19)20)12-10-8-6-4-2/h3-12H2,1-2H3,(H,17,18)(H,19,20)/b14-13+. The maximum atomic E-state index is 11.3. The molecule has 0 radical (unpaired) electrons. The summed E-state index contributed by atoms with van der Waals surface area (Å²) < 4.78 is 0. The van der Waals surface area contributed by atoms with Crippen LogP contribution >= 0.6 is 0 Å². The summed E-state index contributed by atoms with van der Waals surface area (Å²) in [6, 6.07) is 0. The number of carboxylic acids is 2. The van der Waals surface area contributed by atoms with Gasteiger partial charge in [-0.2, -0.15) is 0 Å². The summed E-state index contributed by atoms with van der Waals surface area (Å²) in [7, 11) is 0. The molecule has 0 unspecified atom stereocenters. The number of hydrogen-bond acceptors (Lipinski definition) is 2. The van der Waals surface area contributed by atoms with Crippen molar-refractivity contribution < 1.29 is 19.8 Å². The van der Waals surface area contributed by atoms with Gasteiger partial charge in [-0.3, -0.25) is 0 Å². The fraction of sp³-hybridized carbons (Fsp3) is 0.750. The predicted octanol–water partition coefficient (Wildman–Crippen LogP) is 4.39. The normalized spacial score (nSPS) is 12.1. The van der Waals surface area contributed by atoms with Gasteiger partial charge in [0, 0.05) is 11.1 Å². The lowest BCUT2D eigenvalue weighted by molar-refractivity contribution is -0.136. The Morgan fingerprint density at radius 2 is 1.00 bits per heavy atom. The first kappa shape index (κ1) is 18.7. The van der Waals surface area contributed by atoms with Gasteiger partial charge in [-0.05, 0) is 25.7 Å². The summed E-state index contributed by atoms with van der Waals surface area (Å²) in [5.41, 5.74) is 0.204. The molecule has 0 aliphatic heterocycles. The van der Waals surface area contributed by atoms with E-state index in [-0.39, 0.29) is 11.1 Å². The van der Waals surface area contributed by atoms with E-state index in [0.717, 1.165) is 51.4 Å². The molecule has 0 bridgehead atoms. The van der Waals surface area contributed by atoms with Crippen molar-refractivity contribution in [3.05, 3.63) is 11.1 Å². The quantitative estimate of drug-likeness (QED) is 0.411. The molecule has 0 aliphatic carbocycles. The van der Waals surface area contributed by atoms with Crippen LogP contribution in [0, 0.1) is 0 Å². The van der Waals surface area contributed by atoms with Gasteiger partial charge >= 0.3 is 11.9 Å². The Bertz CT molecular complexity index is 299. The molecule has 0 aromatic heterocycles. The average Bonchev–Trinajstić information content (AvgIpc) is 2.39. The van der Waals surface area contributed by atoms with E-state index in [2.05, 4.69) is 13.8 Å². The Morgan fingerprint density at radius 1 is 0.650 bits per heavy atom. The Labute approximate surface area is 121 Å². The monoisotopic (exact) mass is 284 g/mol. The molecule has 4 heteroatoms. The summed E-state index contributed by atoms with van der Waals surface area (Å²) in [6.45, 7) is 4.18. The third-order valence-electron chi connectivity index (χ3n) is 3.44. The minimum atomic E-state index is -1.07. The third kappa shape index (κ3) is 7.97. The van der Waals surface area contributed by atoms with Crippen molar-refractivity contribution in [3.63, 3.8) is 0 Å². The number of carbonyl (C=O) groups is 2. The van der Waals surface area contributed by atoms with Crippen LogP contribution < -0.4 is 0 Å². The maximum absolute atomic E-state index is 11.3. The zero-order valence-corrected chi connectivity index (χ0v) is 12.8. The van der Waals surface area contributed by atoms with Gasteiger partial charge in [0.2, 0.25) is 0 Å². The summed E-state index contributed by atoms with van der Waals surface area (Å²) in [4.78, 5) is 22.6. The first-order valence-electron chi connectivity index (χ1n) is 7.73. The van der Waals surface area contributed by atoms with E-state index in [1.165, 1.54) is 0 Å². The van der Waals surface area contributed by atoms with E-state index in [9.17, 15) is 19.8 Å². The van der Waals surface area contributed by atoms with E-state index < -0.39 is 11.9 Å². The minimum absolute atomic E-state index is 0.102. The number of unbranched alkanes of at least 4 members (excludes halogenated alkanes) is 6. The van der Waals surface area contributed by atoms with Crippen LogP contribution in [0.25, 0.3) is 0 Å². The number of rotatable bonds is 12. The van der Waals surface area contributed by atoms with Gasteiger partial charge < -0.3 is 10.2 Å². The summed E-state index contributed by atoms with van der Waals surface area (Å²) >= 11 is 0. The fourth-order valence-electron chi connectivity index (χ4n) is 2.23. The largest absolute Gasteiger partial charge is 0.478 e. The van der Waals surface area contributed by atoms with Gasteiger partial charge in [0.25, 0.3) is 0 Å².